The molecular weight excluding hydrogens is 266 g/mol. The summed E-state index contributed by atoms with van der Waals surface area (Å²) in [6, 6.07) is 0. The van der Waals surface area contributed by atoms with Gasteiger partial charge < -0.3 is 25.1 Å². The number of ether oxygens (including phenoxy) is 3. The molecule has 0 aliphatic carbocycles. The Balaban J connectivity index is 1.74. The molecule has 2 aromatic heterocycles. The zero-order chi connectivity index (χ0) is 13.7. The number of nitrogens with two attached hydrogens (primary N) is 1. The van der Waals surface area contributed by atoms with Gasteiger partial charge in [-0.3, -0.25) is 4.57 Å². The normalized spacial score (nSPS) is 33.5. The molecule has 4 rings (SSSR count). The molecule has 0 saturated carbocycles. The Morgan fingerprint density at radius 2 is 2.25 bits per heavy atom. The highest BCUT2D eigenvalue weighted by molar-refractivity contribution is 5.81. The number of anilines is 1. The molecule has 0 radical (unpaired) electrons. The number of hydrogen-bond donors (Lipinski definition) is 2. The molecule has 2 fully saturated rings. The van der Waals surface area contributed by atoms with Gasteiger partial charge in [0.05, 0.1) is 12.9 Å². The summed E-state index contributed by atoms with van der Waals surface area (Å²) < 4.78 is 18.0. The molecule has 20 heavy (non-hydrogen) atoms. The lowest BCUT2D eigenvalue weighted by Crippen LogP contribution is -2.41. The number of imidazole rings is 1. The summed E-state index contributed by atoms with van der Waals surface area (Å²) in [5.41, 5.74) is 6.74. The van der Waals surface area contributed by atoms with Crippen LogP contribution in [-0.2, 0) is 14.2 Å². The van der Waals surface area contributed by atoms with Crippen LogP contribution < -0.4 is 5.73 Å². The summed E-state index contributed by atoms with van der Waals surface area (Å²) >= 11 is 0. The quantitative estimate of drug-likeness (QED) is 0.685. The van der Waals surface area contributed by atoms with E-state index in [2.05, 4.69) is 15.0 Å². The van der Waals surface area contributed by atoms with Crippen LogP contribution in [0, 0.1) is 0 Å². The van der Waals surface area contributed by atoms with E-state index in [-0.39, 0.29) is 12.9 Å². The summed E-state index contributed by atoms with van der Waals surface area (Å²) in [5, 5.41) is 10.4. The van der Waals surface area contributed by atoms with Gasteiger partial charge in [-0.15, -0.1) is 0 Å². The summed E-state index contributed by atoms with van der Waals surface area (Å²) in [6.07, 6.45) is 0.709. The van der Waals surface area contributed by atoms with Crippen molar-refractivity contribution in [2.24, 2.45) is 0 Å². The second-order valence-corrected chi connectivity index (χ2v) is 4.76. The maximum Gasteiger partial charge on any atom is 0.167 e. The van der Waals surface area contributed by atoms with Crippen molar-refractivity contribution >= 4 is 17.0 Å². The van der Waals surface area contributed by atoms with Crippen molar-refractivity contribution in [1.82, 2.24) is 19.5 Å². The van der Waals surface area contributed by atoms with E-state index in [9.17, 15) is 5.11 Å². The number of rotatable bonds is 1. The van der Waals surface area contributed by atoms with Crippen molar-refractivity contribution in [2.75, 3.05) is 19.1 Å². The van der Waals surface area contributed by atoms with E-state index in [1.165, 1.54) is 12.7 Å². The highest BCUT2D eigenvalue weighted by Crippen LogP contribution is 2.34. The van der Waals surface area contributed by atoms with Crippen LogP contribution in [-0.4, -0.2) is 56.3 Å². The zero-order valence-corrected chi connectivity index (χ0v) is 10.4. The number of nitrogens with zero attached hydrogens (tertiary/aromatic N) is 4. The van der Waals surface area contributed by atoms with Crippen molar-refractivity contribution in [2.45, 2.75) is 24.5 Å². The van der Waals surface area contributed by atoms with E-state index in [0.717, 1.165) is 0 Å². The fourth-order valence-electron chi connectivity index (χ4n) is 2.64. The fraction of sp³-hybridized carbons (Fsp3) is 0.545. The SMILES string of the molecule is Nc1ncnc2c1ncn2[C@@H]1OC2COCO[C@@H]2C1O. The Labute approximate surface area is 113 Å². The average Bonchev–Trinajstić information content (AvgIpc) is 3.02. The number of aliphatic hydroxyl groups is 1. The molecule has 0 amide bonds. The predicted octanol–water partition coefficient (Wildman–Crippen LogP) is -0.960. The first-order valence-electron chi connectivity index (χ1n) is 6.21. The van der Waals surface area contributed by atoms with Crippen LogP contribution in [0.4, 0.5) is 5.82 Å². The topological polar surface area (TPSA) is 118 Å². The first-order valence-corrected chi connectivity index (χ1v) is 6.21. The molecular formula is C11H13N5O4. The van der Waals surface area contributed by atoms with Gasteiger partial charge in [-0.1, -0.05) is 0 Å². The van der Waals surface area contributed by atoms with Gasteiger partial charge in [0.2, 0.25) is 0 Å². The zero-order valence-electron chi connectivity index (χ0n) is 10.4. The largest absolute Gasteiger partial charge is 0.386 e. The van der Waals surface area contributed by atoms with Gasteiger partial charge in [-0.2, -0.15) is 0 Å². The summed E-state index contributed by atoms with van der Waals surface area (Å²) in [6.45, 7) is 0.552. The monoisotopic (exact) mass is 279 g/mol. The van der Waals surface area contributed by atoms with E-state index >= 15 is 0 Å². The molecule has 0 aromatic carbocycles. The van der Waals surface area contributed by atoms with Crippen molar-refractivity contribution < 1.29 is 19.3 Å². The number of hydrogen-bond acceptors (Lipinski definition) is 8. The minimum Gasteiger partial charge on any atom is -0.386 e. The molecule has 3 N–H and O–H groups in total. The second-order valence-electron chi connectivity index (χ2n) is 4.76. The van der Waals surface area contributed by atoms with Crippen LogP contribution in [0.5, 0.6) is 0 Å². The first-order chi connectivity index (χ1) is 9.75. The Morgan fingerprint density at radius 3 is 3.10 bits per heavy atom. The summed E-state index contributed by atoms with van der Waals surface area (Å²) in [5.74, 6) is 0.290. The molecule has 9 nitrogen and oxygen atoms in total. The molecule has 4 atom stereocenters. The maximum absolute atomic E-state index is 10.4. The van der Waals surface area contributed by atoms with Crippen LogP contribution in [0.1, 0.15) is 6.23 Å². The van der Waals surface area contributed by atoms with Gasteiger partial charge in [0.1, 0.15) is 36.9 Å². The smallest absolute Gasteiger partial charge is 0.167 e. The Morgan fingerprint density at radius 1 is 1.35 bits per heavy atom. The first kappa shape index (κ1) is 12.0. The third-order valence-electron chi connectivity index (χ3n) is 3.60. The standard InChI is InChI=1S/C11H13N5O4/c12-9-6-10(14-2-13-9)16(3-15-6)11-7(17)8-5(20-11)1-18-4-19-8/h2-3,5,7-8,11,17H,1,4H2,(H2,12,13,14)/t5?,7?,8-,11+/m0/s1. The van der Waals surface area contributed by atoms with Gasteiger partial charge in [-0.25, -0.2) is 15.0 Å². The lowest BCUT2D eigenvalue weighted by Gasteiger charge is -2.25. The van der Waals surface area contributed by atoms with Crippen molar-refractivity contribution in [3.05, 3.63) is 12.7 Å². The van der Waals surface area contributed by atoms with Gasteiger partial charge in [0.25, 0.3) is 0 Å². The number of fused-ring (bicyclic) bond motifs is 2. The van der Waals surface area contributed by atoms with Gasteiger partial charge in [0.15, 0.2) is 17.7 Å². The molecule has 2 saturated heterocycles. The highest BCUT2D eigenvalue weighted by Gasteiger charge is 2.47. The highest BCUT2D eigenvalue weighted by atomic mass is 16.7. The van der Waals surface area contributed by atoms with E-state index in [1.807, 2.05) is 0 Å². The minimum absolute atomic E-state index is 0.161. The van der Waals surface area contributed by atoms with Gasteiger partial charge in [-0.05, 0) is 0 Å². The van der Waals surface area contributed by atoms with E-state index in [1.54, 1.807) is 4.57 Å². The Hall–Kier alpha value is -1.81. The molecule has 0 bridgehead atoms. The van der Waals surface area contributed by atoms with Gasteiger partial charge in [0, 0.05) is 0 Å². The van der Waals surface area contributed by atoms with Crippen LogP contribution >= 0.6 is 0 Å². The maximum atomic E-state index is 10.4. The Bertz CT molecular complexity index is 647. The summed E-state index contributed by atoms with van der Waals surface area (Å²) in [4.78, 5) is 12.2. The number of nitrogen functional groups attached to an aromatic ring is 1. The number of aliphatic hydroxyl groups excluding tert-OH is 1. The van der Waals surface area contributed by atoms with Crippen molar-refractivity contribution in [1.29, 1.82) is 0 Å². The van der Waals surface area contributed by atoms with Gasteiger partial charge >= 0.3 is 0 Å². The molecule has 2 aromatic rings. The molecule has 9 heteroatoms. The minimum atomic E-state index is -0.822. The van der Waals surface area contributed by atoms with E-state index < -0.39 is 18.4 Å². The third-order valence-corrected chi connectivity index (χ3v) is 3.60. The molecule has 4 heterocycles. The molecule has 0 spiro atoms. The van der Waals surface area contributed by atoms with E-state index in [0.29, 0.717) is 23.6 Å². The second kappa shape index (κ2) is 4.35. The van der Waals surface area contributed by atoms with Crippen LogP contribution in [0.2, 0.25) is 0 Å². The third kappa shape index (κ3) is 1.61. The van der Waals surface area contributed by atoms with E-state index in [4.69, 9.17) is 19.9 Å². The fourth-order valence-corrected chi connectivity index (χ4v) is 2.64. The lowest BCUT2D eigenvalue weighted by molar-refractivity contribution is -0.189. The lowest BCUT2D eigenvalue weighted by atomic mass is 10.1. The van der Waals surface area contributed by atoms with Crippen LogP contribution in [0.3, 0.4) is 0 Å². The average molecular weight is 279 g/mol. The molecule has 106 valence electrons. The predicted molar refractivity (Wildman–Crippen MR) is 65.3 cm³/mol. The van der Waals surface area contributed by atoms with Crippen LogP contribution in [0.15, 0.2) is 12.7 Å². The number of aromatic nitrogens is 4. The van der Waals surface area contributed by atoms with Crippen molar-refractivity contribution in [3.63, 3.8) is 0 Å². The van der Waals surface area contributed by atoms with Crippen LogP contribution in [0.25, 0.3) is 11.2 Å². The molecule has 2 unspecified atom stereocenters. The molecule has 2 aliphatic rings. The Kier molecular flexibility index (Phi) is 2.60. The molecule has 2 aliphatic heterocycles. The van der Waals surface area contributed by atoms with Crippen molar-refractivity contribution in [3.8, 4) is 0 Å². The summed E-state index contributed by atoms with van der Waals surface area (Å²) in [7, 11) is 0.